The predicted molar refractivity (Wildman–Crippen MR) is 104 cm³/mol. The third kappa shape index (κ3) is 3.73. The first-order valence-corrected chi connectivity index (χ1v) is 9.87. The van der Waals surface area contributed by atoms with E-state index in [1.54, 1.807) is 12.3 Å². The van der Waals surface area contributed by atoms with Crippen molar-refractivity contribution in [3.63, 3.8) is 0 Å². The molecular weight excluding hydrogens is 347 g/mol. The monoisotopic (exact) mass is 368 g/mol. The highest BCUT2D eigenvalue weighted by Crippen LogP contribution is 2.28. The summed E-state index contributed by atoms with van der Waals surface area (Å²) in [5.41, 5.74) is 4.55. The molecule has 2 heterocycles. The molecule has 3 aromatic rings. The second-order valence-electron chi connectivity index (χ2n) is 6.43. The largest absolute Gasteiger partial charge is 0.493 e. The van der Waals surface area contributed by atoms with Gasteiger partial charge in [-0.25, -0.2) is 9.37 Å². The summed E-state index contributed by atoms with van der Waals surface area (Å²) in [6.45, 7) is 0.569. The molecule has 134 valence electrons. The van der Waals surface area contributed by atoms with Crippen molar-refractivity contribution in [2.75, 3.05) is 6.61 Å². The lowest BCUT2D eigenvalue weighted by Crippen LogP contribution is -2.00. The van der Waals surface area contributed by atoms with Crippen LogP contribution in [0.2, 0.25) is 0 Å². The number of aromatic nitrogens is 2. The lowest BCUT2D eigenvalue weighted by Gasteiger charge is -2.08. The van der Waals surface area contributed by atoms with Gasteiger partial charge in [0.05, 0.1) is 6.61 Å². The number of fused-ring (bicyclic) bond motifs is 1. The number of H-pyrrole nitrogens is 1. The molecule has 26 heavy (non-hydrogen) atoms. The number of hydrogen-bond donors (Lipinski definition) is 1. The van der Waals surface area contributed by atoms with Crippen LogP contribution in [-0.2, 0) is 12.8 Å². The second-order valence-corrected chi connectivity index (χ2v) is 7.33. The van der Waals surface area contributed by atoms with E-state index in [2.05, 4.69) is 28.3 Å². The number of rotatable bonds is 6. The number of aryl methyl sites for hydroxylation is 2. The molecule has 0 saturated heterocycles. The third-order valence-electron chi connectivity index (χ3n) is 4.64. The Balaban J connectivity index is 1.33. The van der Waals surface area contributed by atoms with Gasteiger partial charge in [-0.05, 0) is 55.4 Å². The smallest absolute Gasteiger partial charge is 0.137 e. The van der Waals surface area contributed by atoms with Crippen molar-refractivity contribution in [1.29, 1.82) is 0 Å². The van der Waals surface area contributed by atoms with Crippen LogP contribution < -0.4 is 4.74 Å². The minimum absolute atomic E-state index is 0.293. The van der Waals surface area contributed by atoms with Crippen molar-refractivity contribution in [3.8, 4) is 16.3 Å². The Labute approximate surface area is 156 Å². The Bertz CT molecular complexity index is 899. The predicted octanol–water partition coefficient (Wildman–Crippen LogP) is 5.64. The molecule has 0 bridgehead atoms. The Morgan fingerprint density at radius 1 is 1.31 bits per heavy atom. The lowest BCUT2D eigenvalue weighted by atomic mass is 10.1. The quantitative estimate of drug-likeness (QED) is 0.572. The summed E-state index contributed by atoms with van der Waals surface area (Å²) in [6.07, 6.45) is 13.6. The number of nitrogens with one attached hydrogen (secondary N) is 1. The molecule has 0 amide bonds. The molecule has 2 aromatic heterocycles. The molecule has 1 aromatic carbocycles. The number of thiazole rings is 1. The van der Waals surface area contributed by atoms with Gasteiger partial charge in [0.25, 0.3) is 0 Å². The van der Waals surface area contributed by atoms with Crippen LogP contribution in [0.15, 0.2) is 42.0 Å². The molecule has 0 saturated carbocycles. The minimum Gasteiger partial charge on any atom is -0.493 e. The van der Waals surface area contributed by atoms with Crippen molar-refractivity contribution in [2.45, 2.75) is 32.1 Å². The fourth-order valence-electron chi connectivity index (χ4n) is 3.31. The summed E-state index contributed by atoms with van der Waals surface area (Å²) in [5, 5.41) is 2.53. The van der Waals surface area contributed by atoms with Gasteiger partial charge in [-0.3, -0.25) is 0 Å². The Morgan fingerprint density at radius 3 is 3.12 bits per heavy atom. The van der Waals surface area contributed by atoms with E-state index in [0.29, 0.717) is 22.9 Å². The van der Waals surface area contributed by atoms with Crippen LogP contribution in [0.25, 0.3) is 16.6 Å². The molecule has 1 aliphatic rings. The van der Waals surface area contributed by atoms with Crippen LogP contribution in [0.4, 0.5) is 4.39 Å². The van der Waals surface area contributed by atoms with Crippen molar-refractivity contribution in [3.05, 3.63) is 64.7 Å². The SMILES string of the molecule is Fc1cc(OCCCc2c[nH]c3c2C=CCCC3)ccc1-c1nccs1. The van der Waals surface area contributed by atoms with Crippen molar-refractivity contribution >= 4 is 17.4 Å². The Hall–Kier alpha value is -2.40. The molecule has 0 spiro atoms. The maximum absolute atomic E-state index is 14.2. The van der Waals surface area contributed by atoms with E-state index in [-0.39, 0.29) is 5.82 Å². The van der Waals surface area contributed by atoms with Crippen LogP contribution in [0.5, 0.6) is 5.75 Å². The number of aromatic amines is 1. The number of allylic oxidation sites excluding steroid dienone is 1. The number of nitrogens with zero attached hydrogens (tertiary/aromatic N) is 1. The van der Waals surface area contributed by atoms with E-state index in [1.165, 1.54) is 40.6 Å². The van der Waals surface area contributed by atoms with Crippen LogP contribution in [0.1, 0.15) is 36.1 Å². The van der Waals surface area contributed by atoms with Crippen LogP contribution in [0.3, 0.4) is 0 Å². The van der Waals surface area contributed by atoms with E-state index in [4.69, 9.17) is 4.74 Å². The third-order valence-corrected chi connectivity index (χ3v) is 5.44. The van der Waals surface area contributed by atoms with Gasteiger partial charge in [0.2, 0.25) is 0 Å². The van der Waals surface area contributed by atoms with Gasteiger partial charge in [0.15, 0.2) is 0 Å². The van der Waals surface area contributed by atoms with Crippen molar-refractivity contribution in [1.82, 2.24) is 9.97 Å². The summed E-state index contributed by atoms with van der Waals surface area (Å²) in [6, 6.07) is 4.99. The lowest BCUT2D eigenvalue weighted by molar-refractivity contribution is 0.309. The van der Waals surface area contributed by atoms with Crippen LogP contribution in [0, 0.1) is 5.82 Å². The number of hydrogen-bond acceptors (Lipinski definition) is 3. The maximum Gasteiger partial charge on any atom is 0.137 e. The average Bonchev–Trinajstić information content (AvgIpc) is 3.24. The molecule has 0 aliphatic heterocycles. The summed E-state index contributed by atoms with van der Waals surface area (Å²) >= 11 is 1.43. The summed E-state index contributed by atoms with van der Waals surface area (Å²) in [7, 11) is 0. The van der Waals surface area contributed by atoms with Gasteiger partial charge in [-0.1, -0.05) is 12.2 Å². The summed E-state index contributed by atoms with van der Waals surface area (Å²) in [4.78, 5) is 7.56. The van der Waals surface area contributed by atoms with Crippen LogP contribution >= 0.6 is 11.3 Å². The highest BCUT2D eigenvalue weighted by atomic mass is 32.1. The van der Waals surface area contributed by atoms with Gasteiger partial charge >= 0.3 is 0 Å². The number of halogens is 1. The first-order valence-electron chi connectivity index (χ1n) is 8.99. The summed E-state index contributed by atoms with van der Waals surface area (Å²) < 4.78 is 20.0. The van der Waals surface area contributed by atoms with Crippen LogP contribution in [-0.4, -0.2) is 16.6 Å². The van der Waals surface area contributed by atoms with Gasteiger partial charge in [-0.15, -0.1) is 11.3 Å². The zero-order chi connectivity index (χ0) is 17.8. The molecule has 4 rings (SSSR count). The highest BCUT2D eigenvalue weighted by Gasteiger charge is 2.11. The van der Waals surface area contributed by atoms with Crippen molar-refractivity contribution < 1.29 is 9.13 Å². The van der Waals surface area contributed by atoms with Gasteiger partial charge < -0.3 is 9.72 Å². The molecular formula is C21H21FN2OS. The summed E-state index contributed by atoms with van der Waals surface area (Å²) in [5.74, 6) is 0.272. The van der Waals surface area contributed by atoms with E-state index in [1.807, 2.05) is 11.4 Å². The fourth-order valence-corrected chi connectivity index (χ4v) is 3.98. The van der Waals surface area contributed by atoms with E-state index < -0.39 is 0 Å². The normalized spacial score (nSPS) is 13.4. The van der Waals surface area contributed by atoms with E-state index in [9.17, 15) is 4.39 Å². The number of benzene rings is 1. The standard InChI is InChI=1S/C21H21FN2OS/c22-19-13-16(8-9-18(19)21-23-10-12-26-21)25-11-4-5-15-14-24-20-7-3-1-2-6-17(15)20/h2,6,8-10,12-14,24H,1,3-5,7,11H2. The molecule has 3 nitrogen and oxygen atoms in total. The number of ether oxygens (including phenoxy) is 1. The molecule has 1 N–H and O–H groups in total. The minimum atomic E-state index is -0.293. The highest BCUT2D eigenvalue weighted by molar-refractivity contribution is 7.13. The first-order chi connectivity index (χ1) is 12.8. The molecule has 5 heteroatoms. The maximum atomic E-state index is 14.2. The molecule has 0 atom stereocenters. The Morgan fingerprint density at radius 2 is 2.27 bits per heavy atom. The molecule has 0 unspecified atom stereocenters. The second kappa shape index (κ2) is 7.87. The van der Waals surface area contributed by atoms with Gasteiger partial charge in [0, 0.05) is 35.1 Å². The fraction of sp³-hybridized carbons (Fsp3) is 0.286. The van der Waals surface area contributed by atoms with Gasteiger partial charge in [-0.2, -0.15) is 0 Å². The molecule has 1 aliphatic carbocycles. The van der Waals surface area contributed by atoms with Crippen molar-refractivity contribution in [2.24, 2.45) is 0 Å². The Kier molecular flexibility index (Phi) is 5.16. The zero-order valence-electron chi connectivity index (χ0n) is 14.5. The van der Waals surface area contributed by atoms with Gasteiger partial charge in [0.1, 0.15) is 16.6 Å². The molecule has 0 fully saturated rings. The first kappa shape index (κ1) is 17.0. The topological polar surface area (TPSA) is 37.9 Å². The van der Waals surface area contributed by atoms with E-state index >= 15 is 0 Å². The van der Waals surface area contributed by atoms with E-state index in [0.717, 1.165) is 25.7 Å². The average molecular weight is 368 g/mol. The zero-order valence-corrected chi connectivity index (χ0v) is 15.3. The molecule has 0 radical (unpaired) electrons.